The molecule has 0 amide bonds. The molecule has 0 unspecified atom stereocenters. The van der Waals surface area contributed by atoms with Crippen LogP contribution in [0.15, 0.2) is 57.9 Å². The number of H-pyrrole nitrogens is 1. The van der Waals surface area contributed by atoms with Crippen LogP contribution < -0.4 is 30.7 Å². The molecule has 0 aliphatic rings. The molecule has 2 heterocycles. The molecule has 7 heteroatoms. The van der Waals surface area contributed by atoms with Gasteiger partial charge in [-0.3, -0.25) is 0 Å². The SMILES string of the molecule is C=c1[nH]c(=Cc2cc(C)c(Oc3ccc(OC)c(Cc4ccc(OC)nc4)c3)c(C)c2)c(=O)o1. The van der Waals surface area contributed by atoms with Gasteiger partial charge in [-0.1, -0.05) is 6.07 Å². The molecule has 34 heavy (non-hydrogen) atoms. The zero-order chi connectivity index (χ0) is 24.2. The standard InChI is InChI=1S/C27H26N2O5/c1-16-10-20(13-23-27(30)33-18(3)29-23)11-17(2)26(16)34-22-7-8-24(31-4)21(14-22)12-19-6-9-25(32-5)28-15-19/h6-11,13-15,29H,3,12H2,1-2,4-5H3. The first-order chi connectivity index (χ1) is 16.4. The lowest BCUT2D eigenvalue weighted by Crippen LogP contribution is -2.21. The molecule has 1 N–H and O–H groups in total. The molecule has 7 nitrogen and oxygen atoms in total. The van der Waals surface area contributed by atoms with Gasteiger partial charge in [-0.2, -0.15) is 0 Å². The third-order valence-corrected chi connectivity index (χ3v) is 5.38. The van der Waals surface area contributed by atoms with Gasteiger partial charge >= 0.3 is 5.63 Å². The van der Waals surface area contributed by atoms with E-state index in [0.717, 1.165) is 39.3 Å². The number of aromatic amines is 1. The summed E-state index contributed by atoms with van der Waals surface area (Å²) in [5.41, 5.74) is 4.53. The van der Waals surface area contributed by atoms with Gasteiger partial charge in [0.25, 0.3) is 0 Å². The van der Waals surface area contributed by atoms with Gasteiger partial charge in [-0.15, -0.1) is 0 Å². The highest BCUT2D eigenvalue weighted by Gasteiger charge is 2.11. The van der Waals surface area contributed by atoms with Crippen LogP contribution in [-0.4, -0.2) is 24.2 Å². The number of aromatic nitrogens is 2. The second-order valence-corrected chi connectivity index (χ2v) is 7.94. The average molecular weight is 459 g/mol. The predicted molar refractivity (Wildman–Crippen MR) is 130 cm³/mol. The maximum Gasteiger partial charge on any atom is 0.361 e. The molecule has 0 aliphatic carbocycles. The number of hydrogen-bond acceptors (Lipinski definition) is 6. The van der Waals surface area contributed by atoms with Crippen molar-refractivity contribution in [2.75, 3.05) is 14.2 Å². The molecule has 0 saturated heterocycles. The summed E-state index contributed by atoms with van der Waals surface area (Å²) in [5.74, 6) is 2.81. The number of nitrogens with one attached hydrogen (secondary N) is 1. The summed E-state index contributed by atoms with van der Waals surface area (Å²) in [6, 6.07) is 13.5. The summed E-state index contributed by atoms with van der Waals surface area (Å²) in [5, 5.41) is 0.352. The van der Waals surface area contributed by atoms with Crippen molar-refractivity contribution in [1.82, 2.24) is 9.97 Å². The summed E-state index contributed by atoms with van der Waals surface area (Å²) >= 11 is 0. The quantitative estimate of drug-likeness (QED) is 0.455. The van der Waals surface area contributed by atoms with Crippen LogP contribution in [0.25, 0.3) is 12.7 Å². The summed E-state index contributed by atoms with van der Waals surface area (Å²) in [6.07, 6.45) is 4.16. The molecule has 0 aliphatic heterocycles. The summed E-state index contributed by atoms with van der Waals surface area (Å²) in [7, 11) is 3.24. The number of methoxy groups -OCH3 is 2. The highest BCUT2D eigenvalue weighted by Crippen LogP contribution is 2.33. The Morgan fingerprint density at radius 2 is 1.82 bits per heavy atom. The lowest BCUT2D eigenvalue weighted by molar-refractivity contribution is 0.397. The van der Waals surface area contributed by atoms with Crippen molar-refractivity contribution in [1.29, 1.82) is 0 Å². The van der Waals surface area contributed by atoms with Crippen molar-refractivity contribution < 1.29 is 18.6 Å². The molecule has 2 aromatic carbocycles. The molecule has 0 saturated carbocycles. The third-order valence-electron chi connectivity index (χ3n) is 5.38. The van der Waals surface area contributed by atoms with Crippen LogP contribution in [0.4, 0.5) is 0 Å². The Hall–Kier alpha value is -4.26. The molecule has 0 atom stereocenters. The highest BCUT2D eigenvalue weighted by molar-refractivity contribution is 5.56. The first-order valence-electron chi connectivity index (χ1n) is 10.7. The Morgan fingerprint density at radius 3 is 2.41 bits per heavy atom. The van der Waals surface area contributed by atoms with Gasteiger partial charge in [-0.25, -0.2) is 9.78 Å². The van der Waals surface area contributed by atoms with E-state index in [1.807, 2.05) is 56.3 Å². The summed E-state index contributed by atoms with van der Waals surface area (Å²) < 4.78 is 21.9. The van der Waals surface area contributed by atoms with Crippen molar-refractivity contribution in [3.8, 4) is 23.1 Å². The Balaban J connectivity index is 1.62. The van der Waals surface area contributed by atoms with Gasteiger partial charge in [0.1, 0.15) is 22.6 Å². The van der Waals surface area contributed by atoms with Crippen molar-refractivity contribution in [2.24, 2.45) is 0 Å². The lowest BCUT2D eigenvalue weighted by Gasteiger charge is -2.15. The van der Waals surface area contributed by atoms with Crippen molar-refractivity contribution in [3.63, 3.8) is 0 Å². The number of oxazole rings is 1. The van der Waals surface area contributed by atoms with E-state index >= 15 is 0 Å². The van der Waals surface area contributed by atoms with Crippen molar-refractivity contribution >= 4 is 12.7 Å². The van der Waals surface area contributed by atoms with E-state index in [0.29, 0.717) is 23.4 Å². The highest BCUT2D eigenvalue weighted by atomic mass is 16.5. The van der Waals surface area contributed by atoms with E-state index in [2.05, 4.69) is 16.5 Å². The van der Waals surface area contributed by atoms with E-state index in [1.165, 1.54) is 0 Å². The first-order valence-corrected chi connectivity index (χ1v) is 10.7. The molecule has 4 aromatic rings. The van der Waals surface area contributed by atoms with Gasteiger partial charge in [0.05, 0.1) is 14.2 Å². The Morgan fingerprint density at radius 1 is 1.06 bits per heavy atom. The zero-order valence-electron chi connectivity index (χ0n) is 19.6. The maximum absolute atomic E-state index is 11.9. The van der Waals surface area contributed by atoms with Crippen molar-refractivity contribution in [2.45, 2.75) is 20.3 Å². The molecular formula is C27H26N2O5. The molecule has 4 rings (SSSR count). The Bertz CT molecular complexity index is 1460. The summed E-state index contributed by atoms with van der Waals surface area (Å²) in [6.45, 7) is 7.55. The monoisotopic (exact) mass is 458 g/mol. The number of hydrogen-bond donors (Lipinski definition) is 1. The van der Waals surface area contributed by atoms with Crippen LogP contribution >= 0.6 is 0 Å². The topological polar surface area (TPSA) is 86.6 Å². The number of aryl methyl sites for hydroxylation is 2. The molecule has 0 radical (unpaired) electrons. The molecular weight excluding hydrogens is 432 g/mol. The van der Waals surface area contributed by atoms with Crippen LogP contribution in [0.2, 0.25) is 0 Å². The van der Waals surface area contributed by atoms with Gasteiger partial charge in [0, 0.05) is 24.2 Å². The number of benzene rings is 2. The lowest BCUT2D eigenvalue weighted by atomic mass is 10.0. The van der Waals surface area contributed by atoms with Crippen LogP contribution in [0.3, 0.4) is 0 Å². The fraction of sp³-hybridized carbons (Fsp3) is 0.185. The maximum atomic E-state index is 11.9. The summed E-state index contributed by atoms with van der Waals surface area (Å²) in [4.78, 5) is 19.0. The second kappa shape index (κ2) is 9.70. The fourth-order valence-electron chi connectivity index (χ4n) is 3.81. The number of pyridine rings is 1. The Kier molecular flexibility index (Phi) is 6.54. The van der Waals surface area contributed by atoms with Gasteiger partial charge < -0.3 is 23.6 Å². The minimum atomic E-state index is -0.446. The van der Waals surface area contributed by atoms with E-state index in [9.17, 15) is 4.79 Å². The van der Waals surface area contributed by atoms with Gasteiger partial charge in [0.2, 0.25) is 5.88 Å². The largest absolute Gasteiger partial charge is 0.496 e. The number of ether oxygens (including phenoxy) is 3. The number of nitrogens with zero attached hydrogens (tertiary/aromatic N) is 1. The number of rotatable bonds is 7. The zero-order valence-corrected chi connectivity index (χ0v) is 19.6. The molecule has 0 bridgehead atoms. The normalized spacial score (nSPS) is 11.5. The Labute approximate surface area is 197 Å². The van der Waals surface area contributed by atoms with Gasteiger partial charge in [0.15, 0.2) is 5.55 Å². The van der Waals surface area contributed by atoms with Crippen LogP contribution in [0.5, 0.6) is 23.1 Å². The van der Waals surface area contributed by atoms with Crippen LogP contribution in [-0.2, 0) is 6.42 Å². The van der Waals surface area contributed by atoms with Crippen LogP contribution in [0, 0.1) is 13.8 Å². The predicted octanol–water partition coefficient (Wildman–Crippen LogP) is 3.62. The van der Waals surface area contributed by atoms with Crippen molar-refractivity contribution in [3.05, 3.63) is 97.8 Å². The van der Waals surface area contributed by atoms with E-state index in [4.69, 9.17) is 18.6 Å². The van der Waals surface area contributed by atoms with E-state index in [1.54, 1.807) is 26.5 Å². The molecule has 0 spiro atoms. The first kappa shape index (κ1) is 22.9. The van der Waals surface area contributed by atoms with E-state index < -0.39 is 5.63 Å². The minimum absolute atomic E-state index is 0.227. The average Bonchev–Trinajstić information content (AvgIpc) is 3.13. The smallest absolute Gasteiger partial charge is 0.361 e. The van der Waals surface area contributed by atoms with Gasteiger partial charge in [-0.05, 0) is 79.1 Å². The third kappa shape index (κ3) is 5.04. The molecule has 0 fully saturated rings. The molecule has 174 valence electrons. The minimum Gasteiger partial charge on any atom is -0.496 e. The second-order valence-electron chi connectivity index (χ2n) is 7.94. The van der Waals surface area contributed by atoms with Crippen LogP contribution in [0.1, 0.15) is 27.8 Å². The fourth-order valence-corrected chi connectivity index (χ4v) is 3.81. The molecule has 2 aromatic heterocycles. The van der Waals surface area contributed by atoms with E-state index in [-0.39, 0.29) is 5.55 Å².